The van der Waals surface area contributed by atoms with E-state index in [4.69, 9.17) is 10.2 Å². The van der Waals surface area contributed by atoms with Gasteiger partial charge in [0.2, 0.25) is 0 Å². The zero-order valence-electron chi connectivity index (χ0n) is 9.51. The molecule has 1 heterocycles. The molecule has 100 valence electrons. The standard InChI is InChI=1S/C10H13F2N3O3/c11-10(12,5-16)4-15-8(6-2-1-3-6)7(9(17)18)13-14-15/h6,16H,1-5H2,(H,17,18). The van der Waals surface area contributed by atoms with Crippen LogP contribution in [0.1, 0.15) is 41.4 Å². The Morgan fingerprint density at radius 3 is 2.61 bits per heavy atom. The van der Waals surface area contributed by atoms with E-state index in [0.29, 0.717) is 0 Å². The molecule has 1 aromatic heterocycles. The van der Waals surface area contributed by atoms with E-state index in [0.717, 1.165) is 23.9 Å². The van der Waals surface area contributed by atoms with Gasteiger partial charge in [0.25, 0.3) is 5.92 Å². The van der Waals surface area contributed by atoms with Crippen molar-refractivity contribution in [1.82, 2.24) is 15.0 Å². The SMILES string of the molecule is O=C(O)c1nnn(CC(F)(F)CO)c1C1CCC1. The van der Waals surface area contributed by atoms with E-state index in [1.165, 1.54) is 0 Å². The molecule has 0 aliphatic heterocycles. The number of nitrogens with zero attached hydrogens (tertiary/aromatic N) is 3. The van der Waals surface area contributed by atoms with Crippen molar-refractivity contribution in [2.24, 2.45) is 0 Å². The Kier molecular flexibility index (Phi) is 3.29. The second-order valence-electron chi connectivity index (χ2n) is 4.43. The molecule has 0 spiro atoms. The zero-order valence-corrected chi connectivity index (χ0v) is 9.51. The Hall–Kier alpha value is -1.57. The summed E-state index contributed by atoms with van der Waals surface area (Å²) in [6, 6.07) is 0. The molecule has 1 aliphatic rings. The molecule has 0 atom stereocenters. The summed E-state index contributed by atoms with van der Waals surface area (Å²) in [7, 11) is 0. The molecule has 2 rings (SSSR count). The number of alkyl halides is 2. The van der Waals surface area contributed by atoms with Crippen LogP contribution in [0.3, 0.4) is 0 Å². The summed E-state index contributed by atoms with van der Waals surface area (Å²) in [5.41, 5.74) is -0.0321. The van der Waals surface area contributed by atoms with Gasteiger partial charge in [-0.1, -0.05) is 11.6 Å². The second kappa shape index (κ2) is 4.60. The normalized spacial score (nSPS) is 16.6. The lowest BCUT2D eigenvalue weighted by molar-refractivity contribution is -0.0664. The predicted octanol–water partition coefficient (Wildman–Crippen LogP) is 0.871. The third kappa shape index (κ3) is 2.33. The largest absolute Gasteiger partial charge is 0.476 e. The summed E-state index contributed by atoms with van der Waals surface area (Å²) >= 11 is 0. The van der Waals surface area contributed by atoms with E-state index in [1.54, 1.807) is 0 Å². The lowest BCUT2D eigenvalue weighted by atomic mass is 9.82. The number of carbonyl (C=O) groups is 1. The Morgan fingerprint density at radius 1 is 1.50 bits per heavy atom. The van der Waals surface area contributed by atoms with Gasteiger partial charge < -0.3 is 10.2 Å². The van der Waals surface area contributed by atoms with Crippen LogP contribution >= 0.6 is 0 Å². The summed E-state index contributed by atoms with van der Waals surface area (Å²) in [6.45, 7) is -2.16. The summed E-state index contributed by atoms with van der Waals surface area (Å²) in [5.74, 6) is -4.68. The molecule has 18 heavy (non-hydrogen) atoms. The van der Waals surface area contributed by atoms with Gasteiger partial charge >= 0.3 is 5.97 Å². The number of hydrogen-bond donors (Lipinski definition) is 2. The van der Waals surface area contributed by atoms with Crippen molar-refractivity contribution in [1.29, 1.82) is 0 Å². The molecular formula is C10H13F2N3O3. The van der Waals surface area contributed by atoms with Crippen LogP contribution in [0.4, 0.5) is 8.78 Å². The molecule has 0 amide bonds. The van der Waals surface area contributed by atoms with E-state index in [-0.39, 0.29) is 17.3 Å². The van der Waals surface area contributed by atoms with Crippen molar-refractivity contribution in [2.45, 2.75) is 37.6 Å². The van der Waals surface area contributed by atoms with Gasteiger partial charge in [-0.05, 0) is 12.8 Å². The van der Waals surface area contributed by atoms with Gasteiger partial charge in [-0.15, -0.1) is 5.10 Å². The van der Waals surface area contributed by atoms with Crippen molar-refractivity contribution < 1.29 is 23.8 Å². The maximum atomic E-state index is 13.1. The summed E-state index contributed by atoms with van der Waals surface area (Å²) in [6.07, 6.45) is 2.43. The zero-order chi connectivity index (χ0) is 13.3. The van der Waals surface area contributed by atoms with Crippen LogP contribution in [0, 0.1) is 0 Å². The molecule has 2 N–H and O–H groups in total. The van der Waals surface area contributed by atoms with Gasteiger partial charge in [-0.2, -0.15) is 0 Å². The number of hydrogen-bond acceptors (Lipinski definition) is 4. The quantitative estimate of drug-likeness (QED) is 0.821. The van der Waals surface area contributed by atoms with E-state index in [1.807, 2.05) is 0 Å². The van der Waals surface area contributed by atoms with Crippen LogP contribution in [0.2, 0.25) is 0 Å². The summed E-state index contributed by atoms with van der Waals surface area (Å²) in [4.78, 5) is 11.0. The number of carboxylic acids is 1. The van der Waals surface area contributed by atoms with E-state index < -0.39 is 25.0 Å². The van der Waals surface area contributed by atoms with Crippen molar-refractivity contribution in [3.8, 4) is 0 Å². The van der Waals surface area contributed by atoms with Crippen molar-refractivity contribution >= 4 is 5.97 Å². The van der Waals surface area contributed by atoms with Crippen LogP contribution in [0.5, 0.6) is 0 Å². The van der Waals surface area contributed by atoms with Crippen LogP contribution in [-0.4, -0.2) is 43.7 Å². The lowest BCUT2D eigenvalue weighted by Crippen LogP contribution is -2.31. The fourth-order valence-corrected chi connectivity index (χ4v) is 1.94. The summed E-state index contributed by atoms with van der Waals surface area (Å²) in [5, 5.41) is 24.4. The van der Waals surface area contributed by atoms with Crippen molar-refractivity contribution in [3.63, 3.8) is 0 Å². The molecule has 0 saturated heterocycles. The first-order valence-corrected chi connectivity index (χ1v) is 5.60. The molecule has 0 unspecified atom stereocenters. The van der Waals surface area contributed by atoms with Gasteiger partial charge in [-0.25, -0.2) is 18.3 Å². The van der Waals surface area contributed by atoms with Crippen LogP contribution in [-0.2, 0) is 6.54 Å². The molecule has 0 aromatic carbocycles. The molecule has 0 radical (unpaired) electrons. The van der Waals surface area contributed by atoms with Gasteiger partial charge in [0.05, 0.1) is 5.69 Å². The minimum Gasteiger partial charge on any atom is -0.476 e. The van der Waals surface area contributed by atoms with Crippen molar-refractivity contribution in [2.75, 3.05) is 6.61 Å². The average molecular weight is 261 g/mol. The number of aromatic nitrogens is 3. The molecule has 1 aromatic rings. The number of aliphatic hydroxyl groups excluding tert-OH is 1. The third-order valence-electron chi connectivity index (χ3n) is 3.08. The number of aromatic carboxylic acids is 1. The maximum Gasteiger partial charge on any atom is 0.358 e. The summed E-state index contributed by atoms with van der Waals surface area (Å²) < 4.78 is 27.2. The first kappa shape index (κ1) is 12.9. The Morgan fingerprint density at radius 2 is 2.17 bits per heavy atom. The van der Waals surface area contributed by atoms with Crippen LogP contribution in [0.15, 0.2) is 0 Å². The van der Waals surface area contributed by atoms with E-state index in [9.17, 15) is 13.6 Å². The highest BCUT2D eigenvalue weighted by Gasteiger charge is 2.35. The van der Waals surface area contributed by atoms with Gasteiger partial charge in [0.15, 0.2) is 5.69 Å². The van der Waals surface area contributed by atoms with Gasteiger partial charge in [-0.3, -0.25) is 0 Å². The predicted molar refractivity (Wildman–Crippen MR) is 55.6 cm³/mol. The number of aliphatic hydroxyl groups is 1. The Balaban J connectivity index is 2.32. The molecule has 8 heteroatoms. The minimum atomic E-state index is -3.33. The van der Waals surface area contributed by atoms with Gasteiger partial charge in [0.1, 0.15) is 13.2 Å². The Bertz CT molecular complexity index is 457. The van der Waals surface area contributed by atoms with E-state index >= 15 is 0 Å². The highest BCUT2D eigenvalue weighted by molar-refractivity contribution is 5.86. The minimum absolute atomic E-state index is 0.0828. The second-order valence-corrected chi connectivity index (χ2v) is 4.43. The number of carboxylic acid groups (broad SMARTS) is 1. The average Bonchev–Trinajstić information content (AvgIpc) is 2.59. The topological polar surface area (TPSA) is 88.2 Å². The number of halogens is 2. The van der Waals surface area contributed by atoms with Crippen LogP contribution < -0.4 is 0 Å². The van der Waals surface area contributed by atoms with E-state index in [2.05, 4.69) is 10.3 Å². The van der Waals surface area contributed by atoms with Gasteiger partial charge in [0, 0.05) is 5.92 Å². The molecular weight excluding hydrogens is 248 g/mol. The van der Waals surface area contributed by atoms with Crippen LogP contribution in [0.25, 0.3) is 0 Å². The Labute approximate surface area is 101 Å². The fourth-order valence-electron chi connectivity index (χ4n) is 1.94. The fraction of sp³-hybridized carbons (Fsp3) is 0.700. The lowest BCUT2D eigenvalue weighted by Gasteiger charge is -2.26. The highest BCUT2D eigenvalue weighted by atomic mass is 19.3. The first-order chi connectivity index (χ1) is 8.44. The molecule has 1 fully saturated rings. The molecule has 1 aliphatic carbocycles. The molecule has 6 nitrogen and oxygen atoms in total. The van der Waals surface area contributed by atoms with Crippen molar-refractivity contribution in [3.05, 3.63) is 11.4 Å². The molecule has 1 saturated carbocycles. The monoisotopic (exact) mass is 261 g/mol. The smallest absolute Gasteiger partial charge is 0.358 e. The maximum absolute atomic E-state index is 13.1. The highest BCUT2D eigenvalue weighted by Crippen LogP contribution is 2.38. The molecule has 0 bridgehead atoms. The first-order valence-electron chi connectivity index (χ1n) is 5.60. The number of rotatable bonds is 5. The third-order valence-corrected chi connectivity index (χ3v) is 3.08.